The fourth-order valence-corrected chi connectivity index (χ4v) is 1.48. The molecule has 1 aromatic rings. The number of anilines is 1. The summed E-state index contributed by atoms with van der Waals surface area (Å²) in [5.74, 6) is -2.84. The quantitative estimate of drug-likeness (QED) is 0.777. The Kier molecular flexibility index (Phi) is 4.80. The van der Waals surface area contributed by atoms with Crippen LogP contribution in [0.15, 0.2) is 18.2 Å². The van der Waals surface area contributed by atoms with Crippen molar-refractivity contribution in [3.63, 3.8) is 0 Å². The Morgan fingerprint density at radius 2 is 1.84 bits per heavy atom. The standard InChI is InChI=1S/C12H15F2N3O2/c1-6(2)10(17-12(15)19)11(18)16-7-3-4-8(13)9(14)5-7/h3-6,10H,1-2H3,(H,16,18)(H3,15,17,19). The first-order valence-electron chi connectivity index (χ1n) is 5.63. The Labute approximate surface area is 109 Å². The molecular formula is C12H15F2N3O2. The number of hydrogen-bond donors (Lipinski definition) is 3. The SMILES string of the molecule is CC(C)C(NC(N)=O)C(=O)Nc1ccc(F)c(F)c1. The maximum Gasteiger partial charge on any atom is 0.312 e. The number of urea groups is 1. The average molecular weight is 271 g/mol. The molecule has 0 aliphatic carbocycles. The summed E-state index contributed by atoms with van der Waals surface area (Å²) in [6.45, 7) is 3.43. The second kappa shape index (κ2) is 6.12. The molecule has 5 nitrogen and oxygen atoms in total. The van der Waals surface area contributed by atoms with E-state index >= 15 is 0 Å². The van der Waals surface area contributed by atoms with Crippen LogP contribution in [0, 0.1) is 17.6 Å². The van der Waals surface area contributed by atoms with E-state index in [1.54, 1.807) is 13.8 Å². The molecule has 0 aliphatic rings. The number of amides is 3. The third-order valence-corrected chi connectivity index (χ3v) is 2.43. The second-order valence-electron chi connectivity index (χ2n) is 4.35. The van der Waals surface area contributed by atoms with Crippen molar-refractivity contribution >= 4 is 17.6 Å². The number of benzene rings is 1. The van der Waals surface area contributed by atoms with Crippen molar-refractivity contribution in [2.45, 2.75) is 19.9 Å². The van der Waals surface area contributed by atoms with Crippen molar-refractivity contribution in [3.05, 3.63) is 29.8 Å². The first kappa shape index (κ1) is 14.9. The van der Waals surface area contributed by atoms with Crippen LogP contribution in [0.4, 0.5) is 19.3 Å². The lowest BCUT2D eigenvalue weighted by Gasteiger charge is -2.20. The highest BCUT2D eigenvalue weighted by atomic mass is 19.2. The second-order valence-corrected chi connectivity index (χ2v) is 4.35. The minimum Gasteiger partial charge on any atom is -0.352 e. The van der Waals surface area contributed by atoms with E-state index < -0.39 is 29.6 Å². The molecule has 3 amide bonds. The Balaban J connectivity index is 2.81. The van der Waals surface area contributed by atoms with Crippen LogP contribution in [0.25, 0.3) is 0 Å². The van der Waals surface area contributed by atoms with Crippen LogP contribution >= 0.6 is 0 Å². The van der Waals surface area contributed by atoms with E-state index in [-0.39, 0.29) is 11.6 Å². The normalized spacial score (nSPS) is 12.1. The lowest BCUT2D eigenvalue weighted by molar-refractivity contribution is -0.118. The third-order valence-electron chi connectivity index (χ3n) is 2.43. The zero-order chi connectivity index (χ0) is 14.6. The number of halogens is 2. The molecule has 4 N–H and O–H groups in total. The van der Waals surface area contributed by atoms with Gasteiger partial charge < -0.3 is 16.4 Å². The lowest BCUT2D eigenvalue weighted by Crippen LogP contribution is -2.49. The molecule has 0 saturated heterocycles. The largest absolute Gasteiger partial charge is 0.352 e. The van der Waals surface area contributed by atoms with Crippen molar-refractivity contribution in [2.75, 3.05) is 5.32 Å². The van der Waals surface area contributed by atoms with Crippen LogP contribution in [-0.4, -0.2) is 18.0 Å². The number of rotatable bonds is 4. The highest BCUT2D eigenvalue weighted by Crippen LogP contribution is 2.14. The van der Waals surface area contributed by atoms with Gasteiger partial charge in [0.15, 0.2) is 11.6 Å². The van der Waals surface area contributed by atoms with E-state index in [1.165, 1.54) is 6.07 Å². The summed E-state index contributed by atoms with van der Waals surface area (Å²) >= 11 is 0. The van der Waals surface area contributed by atoms with Crippen LogP contribution in [0.3, 0.4) is 0 Å². The van der Waals surface area contributed by atoms with E-state index in [1.807, 2.05) is 0 Å². The molecule has 7 heteroatoms. The molecule has 1 atom stereocenters. The maximum absolute atomic E-state index is 13.0. The molecule has 19 heavy (non-hydrogen) atoms. The predicted molar refractivity (Wildman–Crippen MR) is 66.3 cm³/mol. The topological polar surface area (TPSA) is 84.2 Å². The van der Waals surface area contributed by atoms with Crippen molar-refractivity contribution in [3.8, 4) is 0 Å². The molecule has 1 rings (SSSR count). The summed E-state index contributed by atoms with van der Waals surface area (Å²) in [4.78, 5) is 22.7. The zero-order valence-corrected chi connectivity index (χ0v) is 10.5. The Morgan fingerprint density at radius 1 is 1.21 bits per heavy atom. The van der Waals surface area contributed by atoms with Gasteiger partial charge in [0.2, 0.25) is 5.91 Å². The van der Waals surface area contributed by atoms with Gasteiger partial charge in [-0.15, -0.1) is 0 Å². The van der Waals surface area contributed by atoms with Crippen molar-refractivity contribution < 1.29 is 18.4 Å². The Morgan fingerprint density at radius 3 is 2.32 bits per heavy atom. The number of carbonyl (C=O) groups is 2. The first-order valence-corrected chi connectivity index (χ1v) is 5.63. The number of hydrogen-bond acceptors (Lipinski definition) is 2. The van der Waals surface area contributed by atoms with Gasteiger partial charge in [-0.1, -0.05) is 13.8 Å². The van der Waals surface area contributed by atoms with Crippen LogP contribution in [-0.2, 0) is 4.79 Å². The summed E-state index contributed by atoms with van der Waals surface area (Å²) in [6, 6.07) is 1.29. The minimum atomic E-state index is -1.07. The van der Waals surface area contributed by atoms with E-state index in [0.717, 1.165) is 12.1 Å². The number of nitrogens with one attached hydrogen (secondary N) is 2. The molecular weight excluding hydrogens is 256 g/mol. The predicted octanol–water partition coefficient (Wildman–Crippen LogP) is 1.60. The highest BCUT2D eigenvalue weighted by Gasteiger charge is 2.23. The summed E-state index contributed by atoms with van der Waals surface area (Å²) in [5.41, 5.74) is 5.06. The Bertz CT molecular complexity index is 492. The summed E-state index contributed by atoms with van der Waals surface area (Å²) in [7, 11) is 0. The molecule has 0 fully saturated rings. The molecule has 104 valence electrons. The Hall–Kier alpha value is -2.18. The van der Waals surface area contributed by atoms with Gasteiger partial charge in [0.1, 0.15) is 6.04 Å². The van der Waals surface area contributed by atoms with Gasteiger partial charge in [0.05, 0.1) is 0 Å². The van der Waals surface area contributed by atoms with Crippen molar-refractivity contribution in [1.82, 2.24) is 5.32 Å². The molecule has 1 unspecified atom stereocenters. The van der Waals surface area contributed by atoms with Crippen LogP contribution in [0.1, 0.15) is 13.8 Å². The van der Waals surface area contributed by atoms with Crippen LogP contribution in [0.5, 0.6) is 0 Å². The fraction of sp³-hybridized carbons (Fsp3) is 0.333. The molecule has 0 aromatic heterocycles. The van der Waals surface area contributed by atoms with Gasteiger partial charge >= 0.3 is 6.03 Å². The lowest BCUT2D eigenvalue weighted by atomic mass is 10.0. The number of primary amides is 1. The van der Waals surface area contributed by atoms with Gasteiger partial charge in [0, 0.05) is 11.8 Å². The molecule has 0 radical (unpaired) electrons. The number of carbonyl (C=O) groups excluding carboxylic acids is 2. The third kappa shape index (κ3) is 4.20. The van der Waals surface area contributed by atoms with E-state index in [0.29, 0.717) is 0 Å². The van der Waals surface area contributed by atoms with E-state index in [4.69, 9.17) is 5.73 Å². The van der Waals surface area contributed by atoms with Gasteiger partial charge in [-0.2, -0.15) is 0 Å². The summed E-state index contributed by atoms with van der Waals surface area (Å²) < 4.78 is 25.7. The smallest absolute Gasteiger partial charge is 0.312 e. The van der Waals surface area contributed by atoms with Crippen LogP contribution < -0.4 is 16.4 Å². The summed E-state index contributed by atoms with van der Waals surface area (Å²) in [6.07, 6.45) is 0. The van der Waals surface area contributed by atoms with Crippen LogP contribution in [0.2, 0.25) is 0 Å². The summed E-state index contributed by atoms with van der Waals surface area (Å²) in [5, 5.41) is 4.67. The van der Waals surface area contributed by atoms with E-state index in [9.17, 15) is 18.4 Å². The van der Waals surface area contributed by atoms with E-state index in [2.05, 4.69) is 10.6 Å². The van der Waals surface area contributed by atoms with Gasteiger partial charge in [0.25, 0.3) is 0 Å². The van der Waals surface area contributed by atoms with Gasteiger partial charge in [-0.25, -0.2) is 13.6 Å². The average Bonchev–Trinajstić information content (AvgIpc) is 2.30. The minimum absolute atomic E-state index is 0.0980. The monoisotopic (exact) mass is 271 g/mol. The molecule has 0 aliphatic heterocycles. The molecule has 0 saturated carbocycles. The zero-order valence-electron chi connectivity index (χ0n) is 10.5. The van der Waals surface area contributed by atoms with Crippen molar-refractivity contribution in [1.29, 1.82) is 0 Å². The first-order chi connectivity index (χ1) is 8.81. The van der Waals surface area contributed by atoms with Crippen molar-refractivity contribution in [2.24, 2.45) is 11.7 Å². The fourth-order valence-electron chi connectivity index (χ4n) is 1.48. The molecule has 0 spiro atoms. The molecule has 0 bridgehead atoms. The molecule has 0 heterocycles. The highest BCUT2D eigenvalue weighted by molar-refractivity contribution is 5.97. The van der Waals surface area contributed by atoms with Gasteiger partial charge in [-0.3, -0.25) is 4.79 Å². The number of nitrogens with two attached hydrogens (primary N) is 1. The molecule has 1 aromatic carbocycles. The maximum atomic E-state index is 13.0. The van der Waals surface area contributed by atoms with Gasteiger partial charge in [-0.05, 0) is 18.1 Å².